The first-order valence-corrected chi connectivity index (χ1v) is 8.59. The van der Waals surface area contributed by atoms with Crippen molar-refractivity contribution in [2.24, 2.45) is 5.10 Å². The first-order valence-electron chi connectivity index (χ1n) is 7.40. The topological polar surface area (TPSA) is 82.1 Å². The Kier molecular flexibility index (Phi) is 4.34. The van der Waals surface area contributed by atoms with Gasteiger partial charge < -0.3 is 10.2 Å². The second-order valence-electron chi connectivity index (χ2n) is 5.53. The number of anilines is 1. The molecule has 9 heteroatoms. The van der Waals surface area contributed by atoms with Gasteiger partial charge in [0, 0.05) is 31.0 Å². The van der Waals surface area contributed by atoms with Gasteiger partial charge in [-0.25, -0.2) is 0 Å². The number of hydrogen-bond acceptors (Lipinski definition) is 5. The van der Waals surface area contributed by atoms with E-state index in [0.29, 0.717) is 16.3 Å². The fourth-order valence-electron chi connectivity index (χ4n) is 2.89. The lowest BCUT2D eigenvalue weighted by molar-refractivity contribution is -0.139. The zero-order chi connectivity index (χ0) is 18.4. The van der Waals surface area contributed by atoms with E-state index in [1.807, 2.05) is 0 Å². The Morgan fingerprint density at radius 3 is 2.76 bits per heavy atom. The number of fused-ring (bicyclic) bond motifs is 2. The highest BCUT2D eigenvalue weighted by molar-refractivity contribution is 8.15. The molecule has 0 aromatic heterocycles. The number of hydrazone groups is 1. The van der Waals surface area contributed by atoms with Crippen molar-refractivity contribution in [2.75, 3.05) is 11.4 Å². The number of benzene rings is 1. The van der Waals surface area contributed by atoms with Crippen molar-refractivity contribution in [2.45, 2.75) is 18.7 Å². The standard InChI is InChI=1S/C16H15ClN4O3S/c1-4-7-20-13-6-5-11(17)8-12(13)16(14(20)24)21(10(3)23)19-15(25-16)18-9(2)22/h4-6,8H,1,7H2,2-3H3,(H,18,19,22)/t16-/m0/s1. The monoisotopic (exact) mass is 378 g/mol. The van der Waals surface area contributed by atoms with E-state index in [9.17, 15) is 14.4 Å². The van der Waals surface area contributed by atoms with Crippen molar-refractivity contribution in [3.63, 3.8) is 0 Å². The molecule has 0 bridgehead atoms. The molecular formula is C16H15ClN4O3S. The Bertz CT molecular complexity index is 841. The van der Waals surface area contributed by atoms with E-state index < -0.39 is 10.8 Å². The maximum Gasteiger partial charge on any atom is 0.271 e. The number of rotatable bonds is 2. The second-order valence-corrected chi connectivity index (χ2v) is 7.15. The summed E-state index contributed by atoms with van der Waals surface area (Å²) in [6, 6.07) is 5.05. The molecule has 3 amide bonds. The normalized spacial score (nSPS) is 21.4. The van der Waals surface area contributed by atoms with Crippen LogP contribution in [0.4, 0.5) is 5.69 Å². The summed E-state index contributed by atoms with van der Waals surface area (Å²) in [5.41, 5.74) is 1.18. The van der Waals surface area contributed by atoms with Crippen LogP contribution in [0.5, 0.6) is 0 Å². The zero-order valence-corrected chi connectivity index (χ0v) is 15.1. The summed E-state index contributed by atoms with van der Waals surface area (Å²) >= 11 is 7.15. The highest BCUT2D eigenvalue weighted by Crippen LogP contribution is 2.54. The van der Waals surface area contributed by atoms with Crippen LogP contribution < -0.4 is 10.2 Å². The number of amides is 3. The van der Waals surface area contributed by atoms with Gasteiger partial charge in [-0.2, -0.15) is 5.01 Å². The SMILES string of the molecule is C=CCN1C(=O)[C@@]2(SC(NC(C)=O)=NN2C(C)=O)c2cc(Cl)ccc21. The smallest absolute Gasteiger partial charge is 0.271 e. The molecule has 25 heavy (non-hydrogen) atoms. The van der Waals surface area contributed by atoms with E-state index >= 15 is 0 Å². The van der Waals surface area contributed by atoms with Gasteiger partial charge in [0.2, 0.25) is 16.7 Å². The van der Waals surface area contributed by atoms with Crippen LogP contribution in [-0.4, -0.2) is 34.4 Å². The van der Waals surface area contributed by atoms with Gasteiger partial charge in [-0.1, -0.05) is 17.7 Å². The van der Waals surface area contributed by atoms with Gasteiger partial charge in [-0.15, -0.1) is 11.7 Å². The van der Waals surface area contributed by atoms with Gasteiger partial charge in [0.05, 0.1) is 5.69 Å². The molecule has 0 saturated carbocycles. The van der Waals surface area contributed by atoms with Crippen LogP contribution in [-0.2, 0) is 19.3 Å². The molecule has 3 rings (SSSR count). The Balaban J connectivity index is 2.18. The Morgan fingerprint density at radius 2 is 2.16 bits per heavy atom. The molecule has 0 saturated heterocycles. The van der Waals surface area contributed by atoms with Crippen LogP contribution in [0.2, 0.25) is 5.02 Å². The fourth-order valence-corrected chi connectivity index (χ4v) is 4.39. The quantitative estimate of drug-likeness (QED) is 0.798. The molecule has 1 aromatic carbocycles. The molecule has 2 aliphatic rings. The van der Waals surface area contributed by atoms with E-state index in [0.717, 1.165) is 16.8 Å². The number of halogens is 1. The van der Waals surface area contributed by atoms with Crippen molar-refractivity contribution in [1.82, 2.24) is 10.3 Å². The molecule has 0 fully saturated rings. The van der Waals surface area contributed by atoms with Crippen molar-refractivity contribution >= 4 is 51.9 Å². The molecule has 1 atom stereocenters. The number of carbonyl (C=O) groups is 3. The minimum Gasteiger partial charge on any atom is -0.305 e. The number of amidine groups is 1. The van der Waals surface area contributed by atoms with Crippen LogP contribution in [0.25, 0.3) is 0 Å². The summed E-state index contributed by atoms with van der Waals surface area (Å²) in [4.78, 5) is 37.0. The van der Waals surface area contributed by atoms with Crippen LogP contribution >= 0.6 is 23.4 Å². The summed E-state index contributed by atoms with van der Waals surface area (Å²) in [5, 5.41) is 8.42. The van der Waals surface area contributed by atoms with E-state index in [1.165, 1.54) is 18.7 Å². The van der Waals surface area contributed by atoms with Crippen molar-refractivity contribution in [3.8, 4) is 0 Å². The predicted octanol–water partition coefficient (Wildman–Crippen LogP) is 2.03. The summed E-state index contributed by atoms with van der Waals surface area (Å²) in [5.74, 6) is -1.10. The minimum absolute atomic E-state index is 0.183. The molecule has 1 N–H and O–H groups in total. The minimum atomic E-state index is -1.42. The first-order chi connectivity index (χ1) is 11.8. The lowest BCUT2D eigenvalue weighted by Gasteiger charge is -2.29. The molecule has 0 radical (unpaired) electrons. The lowest BCUT2D eigenvalue weighted by atomic mass is 10.1. The van der Waals surface area contributed by atoms with Crippen LogP contribution in [0.3, 0.4) is 0 Å². The average molecular weight is 379 g/mol. The molecule has 0 aliphatic carbocycles. The zero-order valence-electron chi connectivity index (χ0n) is 13.6. The Morgan fingerprint density at radius 1 is 1.44 bits per heavy atom. The molecule has 1 aromatic rings. The number of nitrogens with one attached hydrogen (secondary N) is 1. The molecule has 0 unspecified atom stereocenters. The Hall–Kier alpha value is -2.32. The van der Waals surface area contributed by atoms with E-state index in [4.69, 9.17) is 11.6 Å². The number of carbonyl (C=O) groups excluding carboxylic acids is 3. The van der Waals surface area contributed by atoms with Crippen molar-refractivity contribution in [1.29, 1.82) is 0 Å². The molecule has 2 heterocycles. The summed E-state index contributed by atoms with van der Waals surface area (Å²) < 4.78 is 0. The third-order valence-electron chi connectivity index (χ3n) is 3.78. The summed E-state index contributed by atoms with van der Waals surface area (Å²) in [7, 11) is 0. The van der Waals surface area contributed by atoms with E-state index in [1.54, 1.807) is 24.3 Å². The van der Waals surface area contributed by atoms with Gasteiger partial charge in [-0.05, 0) is 30.0 Å². The maximum absolute atomic E-state index is 13.3. The molecule has 7 nitrogen and oxygen atoms in total. The molecule has 1 spiro atoms. The van der Waals surface area contributed by atoms with Crippen molar-refractivity contribution < 1.29 is 14.4 Å². The average Bonchev–Trinajstić information content (AvgIpc) is 3.00. The third kappa shape index (κ3) is 2.61. The van der Waals surface area contributed by atoms with Crippen LogP contribution in [0.15, 0.2) is 36.0 Å². The molecule has 130 valence electrons. The number of nitrogens with zero attached hydrogens (tertiary/aromatic N) is 3. The van der Waals surface area contributed by atoms with Crippen LogP contribution in [0, 0.1) is 0 Å². The second kappa shape index (κ2) is 6.20. The maximum atomic E-state index is 13.3. The Labute approximate surface area is 153 Å². The van der Waals surface area contributed by atoms with Gasteiger partial charge in [0.25, 0.3) is 5.91 Å². The highest BCUT2D eigenvalue weighted by Gasteiger charge is 2.61. The molecular weight excluding hydrogens is 364 g/mol. The van der Waals surface area contributed by atoms with Gasteiger partial charge >= 0.3 is 0 Å². The van der Waals surface area contributed by atoms with Crippen molar-refractivity contribution in [3.05, 3.63) is 41.4 Å². The van der Waals surface area contributed by atoms with Gasteiger partial charge in [0.15, 0.2) is 5.17 Å². The highest BCUT2D eigenvalue weighted by atomic mass is 35.5. The lowest BCUT2D eigenvalue weighted by Crippen LogP contribution is -2.48. The van der Waals surface area contributed by atoms with E-state index in [-0.39, 0.29) is 23.5 Å². The first kappa shape index (κ1) is 17.5. The number of thioether (sulfide) groups is 1. The van der Waals surface area contributed by atoms with E-state index in [2.05, 4.69) is 17.0 Å². The number of hydrogen-bond donors (Lipinski definition) is 1. The van der Waals surface area contributed by atoms with Gasteiger partial charge in [-0.3, -0.25) is 14.4 Å². The molecule has 2 aliphatic heterocycles. The third-order valence-corrected chi connectivity index (χ3v) is 5.25. The largest absolute Gasteiger partial charge is 0.305 e. The fraction of sp³-hybridized carbons (Fsp3) is 0.250. The van der Waals surface area contributed by atoms with Crippen LogP contribution in [0.1, 0.15) is 19.4 Å². The predicted molar refractivity (Wildman–Crippen MR) is 97.0 cm³/mol. The summed E-state index contributed by atoms with van der Waals surface area (Å²) in [6.45, 7) is 6.60. The summed E-state index contributed by atoms with van der Waals surface area (Å²) in [6.07, 6.45) is 1.60. The van der Waals surface area contributed by atoms with Gasteiger partial charge in [0.1, 0.15) is 0 Å².